The van der Waals surface area contributed by atoms with Gasteiger partial charge in [-0.05, 0) is 12.3 Å². The molecule has 13 heavy (non-hydrogen) atoms. The van der Waals surface area contributed by atoms with Gasteiger partial charge in [0.05, 0.1) is 0 Å². The number of amides is 1. The molecule has 1 aliphatic heterocycles. The van der Waals surface area contributed by atoms with Crippen LogP contribution in [0.3, 0.4) is 0 Å². The molecule has 1 fully saturated rings. The predicted molar refractivity (Wildman–Crippen MR) is 47.2 cm³/mol. The van der Waals surface area contributed by atoms with Crippen molar-refractivity contribution in [3.8, 4) is 0 Å². The fraction of sp³-hybridized carbons (Fsp3) is 0.778. The highest BCUT2D eigenvalue weighted by Crippen LogP contribution is 2.24. The number of carboxylic acid groups (broad SMARTS) is 1. The summed E-state index contributed by atoms with van der Waals surface area (Å²) in [4.78, 5) is 23.7. The van der Waals surface area contributed by atoms with Gasteiger partial charge in [0.15, 0.2) is 0 Å². The van der Waals surface area contributed by atoms with Gasteiger partial charge in [-0.2, -0.15) is 0 Å². The van der Waals surface area contributed by atoms with Crippen LogP contribution < -0.4 is 0 Å². The van der Waals surface area contributed by atoms with Gasteiger partial charge >= 0.3 is 5.97 Å². The molecule has 0 saturated carbocycles. The van der Waals surface area contributed by atoms with E-state index in [0.29, 0.717) is 13.0 Å². The van der Waals surface area contributed by atoms with Crippen LogP contribution in [-0.2, 0) is 9.59 Å². The number of aliphatic carboxylic acids is 1. The van der Waals surface area contributed by atoms with Crippen molar-refractivity contribution in [1.82, 2.24) is 4.90 Å². The Morgan fingerprint density at radius 1 is 1.54 bits per heavy atom. The van der Waals surface area contributed by atoms with E-state index >= 15 is 0 Å². The Hall–Kier alpha value is -1.06. The minimum absolute atomic E-state index is 0.0586. The highest BCUT2D eigenvalue weighted by molar-refractivity contribution is 5.84. The highest BCUT2D eigenvalue weighted by Gasteiger charge is 2.38. The number of hydrogen-bond donors (Lipinski definition) is 1. The Labute approximate surface area is 77.5 Å². The maximum absolute atomic E-state index is 11.3. The number of carbonyl (C=O) groups is 2. The summed E-state index contributed by atoms with van der Waals surface area (Å²) in [5.74, 6) is -0.864. The lowest BCUT2D eigenvalue weighted by molar-refractivity contribution is -0.149. The standard InChI is InChI=1S/C9H15NO3/c1-3-7(11)10-5-4-6(2)8(10)9(12)13/h6,8H,3-5H2,1-2H3,(H,12,13)/t6-,8-/m0/s1. The molecule has 0 unspecified atom stereocenters. The van der Waals surface area contributed by atoms with E-state index in [0.717, 1.165) is 6.42 Å². The smallest absolute Gasteiger partial charge is 0.326 e. The number of carboxylic acids is 1. The minimum atomic E-state index is -0.883. The van der Waals surface area contributed by atoms with Crippen LogP contribution in [0, 0.1) is 5.92 Å². The van der Waals surface area contributed by atoms with Crippen LogP contribution in [-0.4, -0.2) is 34.5 Å². The van der Waals surface area contributed by atoms with E-state index in [4.69, 9.17) is 5.11 Å². The highest BCUT2D eigenvalue weighted by atomic mass is 16.4. The maximum Gasteiger partial charge on any atom is 0.326 e. The summed E-state index contributed by atoms with van der Waals surface area (Å²) in [6.07, 6.45) is 1.18. The van der Waals surface area contributed by atoms with E-state index in [1.54, 1.807) is 6.92 Å². The zero-order chi connectivity index (χ0) is 10.0. The molecule has 0 aliphatic carbocycles. The number of hydrogen-bond acceptors (Lipinski definition) is 2. The van der Waals surface area contributed by atoms with Crippen molar-refractivity contribution in [2.75, 3.05) is 6.54 Å². The third-order valence-corrected chi connectivity index (χ3v) is 2.58. The molecule has 0 spiro atoms. The van der Waals surface area contributed by atoms with Crippen molar-refractivity contribution in [3.63, 3.8) is 0 Å². The normalized spacial score (nSPS) is 27.7. The van der Waals surface area contributed by atoms with Crippen LogP contribution in [0.2, 0.25) is 0 Å². The van der Waals surface area contributed by atoms with Crippen molar-refractivity contribution in [3.05, 3.63) is 0 Å². The monoisotopic (exact) mass is 185 g/mol. The molecule has 4 heteroatoms. The maximum atomic E-state index is 11.3. The molecule has 1 saturated heterocycles. The van der Waals surface area contributed by atoms with Gasteiger partial charge < -0.3 is 10.0 Å². The van der Waals surface area contributed by atoms with E-state index in [2.05, 4.69) is 0 Å². The van der Waals surface area contributed by atoms with Crippen LogP contribution in [0.1, 0.15) is 26.7 Å². The molecule has 0 bridgehead atoms. The molecule has 4 nitrogen and oxygen atoms in total. The SMILES string of the molecule is CCC(=O)N1CC[C@H](C)[C@H]1C(=O)O. The molecular formula is C9H15NO3. The first-order valence-electron chi connectivity index (χ1n) is 4.60. The minimum Gasteiger partial charge on any atom is -0.480 e. The first kappa shape index (κ1) is 10.0. The van der Waals surface area contributed by atoms with Crippen LogP contribution in [0.4, 0.5) is 0 Å². The molecule has 2 atom stereocenters. The van der Waals surface area contributed by atoms with Crippen LogP contribution in [0.25, 0.3) is 0 Å². The fourth-order valence-corrected chi connectivity index (χ4v) is 1.81. The summed E-state index contributed by atoms with van der Waals surface area (Å²) < 4.78 is 0. The van der Waals surface area contributed by atoms with E-state index in [-0.39, 0.29) is 11.8 Å². The summed E-state index contributed by atoms with van der Waals surface area (Å²) in [5.41, 5.74) is 0. The molecule has 1 heterocycles. The van der Waals surface area contributed by atoms with Gasteiger partial charge in [-0.3, -0.25) is 4.79 Å². The molecule has 0 radical (unpaired) electrons. The Morgan fingerprint density at radius 3 is 2.62 bits per heavy atom. The lowest BCUT2D eigenvalue weighted by Crippen LogP contribution is -2.42. The molecule has 0 aromatic rings. The summed E-state index contributed by atoms with van der Waals surface area (Å²) in [6, 6.07) is -0.604. The zero-order valence-corrected chi connectivity index (χ0v) is 7.99. The third kappa shape index (κ3) is 1.82. The molecule has 74 valence electrons. The lowest BCUT2D eigenvalue weighted by Gasteiger charge is -2.22. The average molecular weight is 185 g/mol. The second-order valence-electron chi connectivity index (χ2n) is 3.49. The van der Waals surface area contributed by atoms with E-state index in [9.17, 15) is 9.59 Å². The van der Waals surface area contributed by atoms with Gasteiger partial charge in [-0.1, -0.05) is 13.8 Å². The summed E-state index contributed by atoms with van der Waals surface area (Å²) in [6.45, 7) is 4.22. The van der Waals surface area contributed by atoms with Crippen LogP contribution in [0.5, 0.6) is 0 Å². The largest absolute Gasteiger partial charge is 0.480 e. The molecule has 0 aromatic carbocycles. The Morgan fingerprint density at radius 2 is 2.15 bits per heavy atom. The van der Waals surface area contributed by atoms with Crippen molar-refractivity contribution < 1.29 is 14.7 Å². The number of nitrogens with zero attached hydrogens (tertiary/aromatic N) is 1. The van der Waals surface area contributed by atoms with E-state index in [1.165, 1.54) is 4.90 Å². The predicted octanol–water partition coefficient (Wildman–Crippen LogP) is 0.718. The second-order valence-corrected chi connectivity index (χ2v) is 3.49. The lowest BCUT2D eigenvalue weighted by atomic mass is 10.0. The summed E-state index contributed by atoms with van der Waals surface area (Å²) in [7, 11) is 0. The Bertz CT molecular complexity index is 227. The van der Waals surface area contributed by atoms with Gasteiger partial charge in [0, 0.05) is 13.0 Å². The van der Waals surface area contributed by atoms with Crippen molar-refractivity contribution in [1.29, 1.82) is 0 Å². The first-order chi connectivity index (χ1) is 6.07. The number of likely N-dealkylation sites (tertiary alicyclic amines) is 1. The van der Waals surface area contributed by atoms with Crippen molar-refractivity contribution in [2.24, 2.45) is 5.92 Å². The molecule has 1 amide bonds. The molecular weight excluding hydrogens is 170 g/mol. The molecule has 1 aliphatic rings. The quantitative estimate of drug-likeness (QED) is 0.689. The Kier molecular flexibility index (Phi) is 2.90. The van der Waals surface area contributed by atoms with Gasteiger partial charge in [0.2, 0.25) is 5.91 Å². The molecule has 0 aromatic heterocycles. The van der Waals surface area contributed by atoms with Crippen LogP contribution in [0.15, 0.2) is 0 Å². The third-order valence-electron chi connectivity index (χ3n) is 2.58. The zero-order valence-electron chi connectivity index (χ0n) is 7.99. The summed E-state index contributed by atoms with van der Waals surface area (Å²) in [5, 5.41) is 8.90. The molecule has 1 N–H and O–H groups in total. The van der Waals surface area contributed by atoms with Gasteiger partial charge in [-0.25, -0.2) is 4.79 Å². The fourth-order valence-electron chi connectivity index (χ4n) is 1.81. The van der Waals surface area contributed by atoms with E-state index in [1.807, 2.05) is 6.92 Å². The number of rotatable bonds is 2. The van der Waals surface area contributed by atoms with Gasteiger partial charge in [-0.15, -0.1) is 0 Å². The Balaban J connectivity index is 2.75. The van der Waals surface area contributed by atoms with Crippen molar-refractivity contribution in [2.45, 2.75) is 32.7 Å². The topological polar surface area (TPSA) is 57.6 Å². The van der Waals surface area contributed by atoms with Gasteiger partial charge in [0.1, 0.15) is 6.04 Å². The average Bonchev–Trinajstić information content (AvgIpc) is 2.45. The van der Waals surface area contributed by atoms with Crippen molar-refractivity contribution >= 4 is 11.9 Å². The summed E-state index contributed by atoms with van der Waals surface area (Å²) >= 11 is 0. The van der Waals surface area contributed by atoms with Crippen LogP contribution >= 0.6 is 0 Å². The number of carbonyl (C=O) groups excluding carboxylic acids is 1. The first-order valence-corrected chi connectivity index (χ1v) is 4.60. The second kappa shape index (κ2) is 3.77. The molecule has 1 rings (SSSR count). The van der Waals surface area contributed by atoms with E-state index < -0.39 is 12.0 Å². The van der Waals surface area contributed by atoms with Gasteiger partial charge in [0.25, 0.3) is 0 Å².